The number of carbonyl (C=O) groups excluding carboxylic acids is 2. The quantitative estimate of drug-likeness (QED) is 0.750. The van der Waals surface area contributed by atoms with Crippen LogP contribution in [0.3, 0.4) is 0 Å². The number of methoxy groups -OCH3 is 1. The SMILES string of the molecule is CCCN(CC(=O)OC)C(=O)N1C[C@@H](C)[C@H](C(=O)O)C1. The average Bonchev–Trinajstić information content (AvgIpc) is 2.79. The zero-order valence-corrected chi connectivity index (χ0v) is 12.2. The summed E-state index contributed by atoms with van der Waals surface area (Å²) in [5, 5.41) is 9.08. The molecular weight excluding hydrogens is 264 g/mol. The number of likely N-dealkylation sites (tertiary alicyclic amines) is 1. The van der Waals surface area contributed by atoms with E-state index in [1.54, 1.807) is 0 Å². The third kappa shape index (κ3) is 3.85. The first-order valence-electron chi connectivity index (χ1n) is 6.74. The highest BCUT2D eigenvalue weighted by atomic mass is 16.5. The van der Waals surface area contributed by atoms with Crippen LogP contribution in [0.2, 0.25) is 0 Å². The van der Waals surface area contributed by atoms with E-state index in [0.29, 0.717) is 19.5 Å². The molecule has 1 aliphatic rings. The second-order valence-electron chi connectivity index (χ2n) is 5.11. The number of urea groups is 1. The van der Waals surface area contributed by atoms with Gasteiger partial charge in [-0.25, -0.2) is 4.79 Å². The fourth-order valence-electron chi connectivity index (χ4n) is 2.38. The predicted octanol–water partition coefficient (Wildman–Crippen LogP) is 0.644. The van der Waals surface area contributed by atoms with Gasteiger partial charge in [-0.05, 0) is 12.3 Å². The highest BCUT2D eigenvalue weighted by molar-refractivity contribution is 5.82. The number of aliphatic carboxylic acids is 1. The number of esters is 1. The van der Waals surface area contributed by atoms with Crippen LogP contribution in [0.1, 0.15) is 20.3 Å². The Bertz CT molecular complexity index is 385. The fraction of sp³-hybridized carbons (Fsp3) is 0.769. The average molecular weight is 286 g/mol. The number of carboxylic acid groups (broad SMARTS) is 1. The molecule has 0 saturated carbocycles. The number of carbonyl (C=O) groups is 3. The van der Waals surface area contributed by atoms with Crippen molar-refractivity contribution in [2.24, 2.45) is 11.8 Å². The van der Waals surface area contributed by atoms with Gasteiger partial charge in [0, 0.05) is 19.6 Å². The molecule has 0 aromatic rings. The zero-order valence-electron chi connectivity index (χ0n) is 12.2. The predicted molar refractivity (Wildman–Crippen MR) is 71.1 cm³/mol. The molecule has 1 aliphatic heterocycles. The Morgan fingerprint density at radius 1 is 1.35 bits per heavy atom. The summed E-state index contributed by atoms with van der Waals surface area (Å²) >= 11 is 0. The maximum atomic E-state index is 12.4. The van der Waals surface area contributed by atoms with Crippen LogP contribution in [0.25, 0.3) is 0 Å². The maximum Gasteiger partial charge on any atom is 0.325 e. The summed E-state index contributed by atoms with van der Waals surface area (Å²) in [5.74, 6) is -1.99. The van der Waals surface area contributed by atoms with Crippen molar-refractivity contribution < 1.29 is 24.2 Å². The first-order valence-corrected chi connectivity index (χ1v) is 6.74. The lowest BCUT2D eigenvalue weighted by Crippen LogP contribution is -2.45. The molecular formula is C13H22N2O5. The van der Waals surface area contributed by atoms with E-state index < -0.39 is 17.9 Å². The number of ether oxygens (including phenoxy) is 1. The Balaban J connectivity index is 2.70. The molecule has 0 aromatic carbocycles. The Hall–Kier alpha value is -1.79. The first-order chi connectivity index (χ1) is 9.40. The van der Waals surface area contributed by atoms with Crippen molar-refractivity contribution in [2.45, 2.75) is 20.3 Å². The van der Waals surface area contributed by atoms with Gasteiger partial charge >= 0.3 is 18.0 Å². The summed E-state index contributed by atoms with van der Waals surface area (Å²) in [4.78, 5) is 37.7. The fourth-order valence-corrected chi connectivity index (χ4v) is 2.38. The van der Waals surface area contributed by atoms with Gasteiger partial charge in [-0.2, -0.15) is 0 Å². The molecule has 0 aliphatic carbocycles. The van der Waals surface area contributed by atoms with Crippen LogP contribution in [-0.4, -0.2) is 66.2 Å². The van der Waals surface area contributed by atoms with Crippen molar-refractivity contribution >= 4 is 18.0 Å². The standard InChI is InChI=1S/C13H22N2O5/c1-4-5-14(8-11(16)20-3)13(19)15-6-9(2)10(7-15)12(17)18/h9-10H,4-8H2,1-3H3,(H,17,18)/t9-,10-/m1/s1. The van der Waals surface area contributed by atoms with Gasteiger partial charge in [-0.1, -0.05) is 13.8 Å². The van der Waals surface area contributed by atoms with Gasteiger partial charge in [-0.3, -0.25) is 9.59 Å². The minimum Gasteiger partial charge on any atom is -0.481 e. The molecule has 1 N–H and O–H groups in total. The topological polar surface area (TPSA) is 87.2 Å². The van der Waals surface area contributed by atoms with Crippen LogP contribution in [0, 0.1) is 11.8 Å². The smallest absolute Gasteiger partial charge is 0.325 e. The van der Waals surface area contributed by atoms with Crippen LogP contribution >= 0.6 is 0 Å². The molecule has 1 fully saturated rings. The first kappa shape index (κ1) is 16.3. The second-order valence-corrected chi connectivity index (χ2v) is 5.11. The minimum absolute atomic E-state index is 0.0851. The van der Waals surface area contributed by atoms with Gasteiger partial charge in [-0.15, -0.1) is 0 Å². The van der Waals surface area contributed by atoms with Gasteiger partial charge in [0.1, 0.15) is 6.54 Å². The maximum absolute atomic E-state index is 12.4. The number of hydrogen-bond donors (Lipinski definition) is 1. The highest BCUT2D eigenvalue weighted by Crippen LogP contribution is 2.24. The molecule has 1 heterocycles. The van der Waals surface area contributed by atoms with Gasteiger partial charge in [0.15, 0.2) is 0 Å². The highest BCUT2D eigenvalue weighted by Gasteiger charge is 2.38. The monoisotopic (exact) mass is 286 g/mol. The van der Waals surface area contributed by atoms with Crippen molar-refractivity contribution in [1.82, 2.24) is 9.80 Å². The molecule has 0 spiro atoms. The summed E-state index contributed by atoms with van der Waals surface area (Å²) in [6, 6.07) is -0.298. The lowest BCUT2D eigenvalue weighted by molar-refractivity contribution is -0.143. The zero-order chi connectivity index (χ0) is 15.3. The van der Waals surface area contributed by atoms with E-state index in [2.05, 4.69) is 4.74 Å². The molecule has 0 aromatic heterocycles. The van der Waals surface area contributed by atoms with Crippen LogP contribution in [0.15, 0.2) is 0 Å². The van der Waals surface area contributed by atoms with Crippen molar-refractivity contribution in [3.8, 4) is 0 Å². The van der Waals surface area contributed by atoms with E-state index >= 15 is 0 Å². The normalized spacial score (nSPS) is 21.6. The van der Waals surface area contributed by atoms with Crippen molar-refractivity contribution in [2.75, 3.05) is 33.3 Å². The van der Waals surface area contributed by atoms with Crippen LogP contribution < -0.4 is 0 Å². The number of carboxylic acids is 1. The Morgan fingerprint density at radius 2 is 2.00 bits per heavy atom. The lowest BCUT2D eigenvalue weighted by atomic mass is 9.99. The van der Waals surface area contributed by atoms with E-state index in [1.165, 1.54) is 16.9 Å². The van der Waals surface area contributed by atoms with Gasteiger partial charge < -0.3 is 19.6 Å². The summed E-state index contributed by atoms with van der Waals surface area (Å²) < 4.78 is 4.57. The van der Waals surface area contributed by atoms with Crippen LogP contribution in [-0.2, 0) is 14.3 Å². The molecule has 0 unspecified atom stereocenters. The van der Waals surface area contributed by atoms with E-state index in [9.17, 15) is 14.4 Å². The molecule has 2 amide bonds. The van der Waals surface area contributed by atoms with Crippen molar-refractivity contribution in [3.63, 3.8) is 0 Å². The molecule has 7 nitrogen and oxygen atoms in total. The van der Waals surface area contributed by atoms with Crippen LogP contribution in [0.4, 0.5) is 4.79 Å². The summed E-state index contributed by atoms with van der Waals surface area (Å²) in [5.41, 5.74) is 0. The third-order valence-corrected chi connectivity index (χ3v) is 3.51. The third-order valence-electron chi connectivity index (χ3n) is 3.51. The van der Waals surface area contributed by atoms with Crippen molar-refractivity contribution in [3.05, 3.63) is 0 Å². The van der Waals surface area contributed by atoms with Crippen LogP contribution in [0.5, 0.6) is 0 Å². The minimum atomic E-state index is -0.886. The summed E-state index contributed by atoms with van der Waals surface area (Å²) in [6.45, 7) is 4.65. The van der Waals surface area contributed by atoms with E-state index in [1.807, 2.05) is 13.8 Å². The number of amides is 2. The Kier molecular flexibility index (Phi) is 5.79. The van der Waals surface area contributed by atoms with E-state index in [0.717, 1.165) is 0 Å². The number of nitrogens with zero attached hydrogens (tertiary/aromatic N) is 2. The van der Waals surface area contributed by atoms with Gasteiger partial charge in [0.25, 0.3) is 0 Å². The van der Waals surface area contributed by atoms with Gasteiger partial charge in [0.2, 0.25) is 0 Å². The lowest BCUT2D eigenvalue weighted by Gasteiger charge is -2.26. The second kappa shape index (κ2) is 7.12. The van der Waals surface area contributed by atoms with Gasteiger partial charge in [0.05, 0.1) is 13.0 Å². The molecule has 7 heteroatoms. The number of hydrogen-bond acceptors (Lipinski definition) is 4. The molecule has 0 bridgehead atoms. The molecule has 0 radical (unpaired) electrons. The molecule has 2 atom stereocenters. The van der Waals surface area contributed by atoms with Crippen molar-refractivity contribution in [1.29, 1.82) is 0 Å². The Morgan fingerprint density at radius 3 is 2.45 bits per heavy atom. The van der Waals surface area contributed by atoms with E-state index in [-0.39, 0.29) is 25.0 Å². The summed E-state index contributed by atoms with van der Waals surface area (Å²) in [6.07, 6.45) is 0.717. The molecule has 1 saturated heterocycles. The largest absolute Gasteiger partial charge is 0.481 e. The summed E-state index contributed by atoms with van der Waals surface area (Å²) in [7, 11) is 1.27. The van der Waals surface area contributed by atoms with E-state index in [4.69, 9.17) is 5.11 Å². The molecule has 1 rings (SSSR count). The molecule has 114 valence electrons. The molecule has 20 heavy (non-hydrogen) atoms. The Labute approximate surface area is 118 Å². The number of rotatable bonds is 5.